The molecule has 0 aliphatic heterocycles. The second-order valence-corrected chi connectivity index (χ2v) is 8.63. The van der Waals surface area contributed by atoms with E-state index in [0.717, 1.165) is 29.7 Å². The van der Waals surface area contributed by atoms with Crippen LogP contribution in [0, 0.1) is 11.3 Å². The quantitative estimate of drug-likeness (QED) is 0.0808. The lowest BCUT2D eigenvalue weighted by Gasteiger charge is -2.20. The van der Waals surface area contributed by atoms with Gasteiger partial charge in [-0.3, -0.25) is 4.79 Å². The molecule has 38 heavy (non-hydrogen) atoms. The van der Waals surface area contributed by atoms with Gasteiger partial charge < -0.3 is 9.32 Å². The van der Waals surface area contributed by atoms with Crippen molar-refractivity contribution in [2.75, 3.05) is 18.0 Å². The van der Waals surface area contributed by atoms with Crippen LogP contribution >= 0.6 is 0 Å². The molecule has 0 radical (unpaired) electrons. The van der Waals surface area contributed by atoms with E-state index in [4.69, 9.17) is 4.42 Å². The Balaban J connectivity index is 1.74. The molecule has 0 saturated heterocycles. The summed E-state index contributed by atoms with van der Waals surface area (Å²) < 4.78 is 5.64. The summed E-state index contributed by atoms with van der Waals surface area (Å²) in [5.41, 5.74) is 3.52. The molecule has 0 saturated carbocycles. The van der Waals surface area contributed by atoms with Gasteiger partial charge in [-0.2, -0.15) is 5.26 Å². The first-order valence-electron chi connectivity index (χ1n) is 12.5. The van der Waals surface area contributed by atoms with Crippen LogP contribution in [0.3, 0.4) is 0 Å². The Morgan fingerprint density at radius 3 is 2.18 bits per heavy atom. The highest BCUT2D eigenvalue weighted by atomic mass is 16.4. The van der Waals surface area contributed by atoms with Crippen LogP contribution in [0.2, 0.25) is 0 Å². The van der Waals surface area contributed by atoms with E-state index in [1.807, 2.05) is 54.6 Å². The normalized spacial score (nSPS) is 12.0. The molecule has 1 aromatic heterocycles. The van der Waals surface area contributed by atoms with E-state index in [9.17, 15) is 14.9 Å². The molecule has 0 N–H and O–H groups in total. The number of carbonyl (C=O) groups is 1. The van der Waals surface area contributed by atoms with Gasteiger partial charge in [0.15, 0.2) is 5.78 Å². The molecule has 0 unspecified atom stereocenters. The van der Waals surface area contributed by atoms with Gasteiger partial charge in [0.2, 0.25) is 0 Å². The van der Waals surface area contributed by atoms with E-state index in [2.05, 4.69) is 24.8 Å². The first-order chi connectivity index (χ1) is 18.5. The average molecular weight is 501 g/mol. The third-order valence-corrected chi connectivity index (χ3v) is 6.20. The van der Waals surface area contributed by atoms with E-state index in [0.29, 0.717) is 27.9 Å². The number of allylic oxidation sites excluding steroid dienone is 5. The number of carbonyl (C=O) groups excluding carboxylic acids is 1. The molecule has 188 valence electrons. The van der Waals surface area contributed by atoms with Crippen molar-refractivity contribution in [3.05, 3.63) is 136 Å². The van der Waals surface area contributed by atoms with Gasteiger partial charge in [0, 0.05) is 35.8 Å². The molecule has 5 nitrogen and oxygen atoms in total. The minimum atomic E-state index is -0.480. The van der Waals surface area contributed by atoms with Crippen LogP contribution in [0.5, 0.6) is 0 Å². The SMILES string of the molecule is CCN(CC)c1ccc2cc(/C=C/C(/C=C(\C#N)c3ccccc3)=C\C(=O)c3ccccc3)c(=O)oc2c1. The van der Waals surface area contributed by atoms with Crippen LogP contribution in [0.15, 0.2) is 118 Å². The van der Waals surface area contributed by atoms with Gasteiger partial charge in [0.25, 0.3) is 0 Å². The maximum atomic E-state index is 12.9. The predicted octanol–water partition coefficient (Wildman–Crippen LogP) is 7.07. The fourth-order valence-electron chi connectivity index (χ4n) is 4.14. The Morgan fingerprint density at radius 1 is 0.895 bits per heavy atom. The van der Waals surface area contributed by atoms with Crippen LogP contribution in [0.4, 0.5) is 5.69 Å². The van der Waals surface area contributed by atoms with E-state index in [1.54, 1.807) is 48.6 Å². The number of ketones is 1. The lowest BCUT2D eigenvalue weighted by atomic mass is 10.0. The number of benzene rings is 3. The summed E-state index contributed by atoms with van der Waals surface area (Å²) in [4.78, 5) is 27.9. The molecule has 5 heteroatoms. The van der Waals surface area contributed by atoms with E-state index < -0.39 is 5.63 Å². The lowest BCUT2D eigenvalue weighted by molar-refractivity contribution is 0.104. The predicted molar refractivity (Wildman–Crippen MR) is 154 cm³/mol. The maximum Gasteiger partial charge on any atom is 0.343 e. The summed E-state index contributed by atoms with van der Waals surface area (Å²) in [5, 5.41) is 10.6. The van der Waals surface area contributed by atoms with Gasteiger partial charge >= 0.3 is 5.63 Å². The topological polar surface area (TPSA) is 74.3 Å². The Morgan fingerprint density at radius 2 is 1.55 bits per heavy atom. The summed E-state index contributed by atoms with van der Waals surface area (Å²) >= 11 is 0. The first kappa shape index (κ1) is 26.1. The third-order valence-electron chi connectivity index (χ3n) is 6.20. The summed E-state index contributed by atoms with van der Waals surface area (Å²) in [7, 11) is 0. The second kappa shape index (κ2) is 12.3. The Labute approximate surface area is 222 Å². The summed E-state index contributed by atoms with van der Waals surface area (Å²) in [5.74, 6) is -0.207. The highest BCUT2D eigenvalue weighted by Gasteiger charge is 2.09. The van der Waals surface area contributed by atoms with Crippen LogP contribution < -0.4 is 10.5 Å². The summed E-state index contributed by atoms with van der Waals surface area (Å²) in [6, 6.07) is 27.9. The molecular weight excluding hydrogens is 472 g/mol. The van der Waals surface area contributed by atoms with Gasteiger partial charge in [-0.05, 0) is 61.4 Å². The average Bonchev–Trinajstić information content (AvgIpc) is 2.96. The first-order valence-corrected chi connectivity index (χ1v) is 12.5. The van der Waals surface area contributed by atoms with Crippen LogP contribution in [-0.4, -0.2) is 18.9 Å². The molecule has 4 rings (SSSR count). The number of hydrogen-bond donors (Lipinski definition) is 0. The van der Waals surface area contributed by atoms with Crippen molar-refractivity contribution in [3.8, 4) is 6.07 Å². The number of nitrogens with zero attached hydrogens (tertiary/aromatic N) is 2. The molecule has 0 atom stereocenters. The Hall–Kier alpha value is -4.95. The molecule has 0 aliphatic carbocycles. The third kappa shape index (κ3) is 6.24. The minimum absolute atomic E-state index is 0.207. The smallest absolute Gasteiger partial charge is 0.343 e. The Bertz CT molecular complexity index is 1620. The fraction of sp³-hybridized carbons (Fsp3) is 0.121. The minimum Gasteiger partial charge on any atom is -0.422 e. The van der Waals surface area contributed by atoms with Gasteiger partial charge in [-0.15, -0.1) is 0 Å². The molecule has 0 spiro atoms. The van der Waals surface area contributed by atoms with Crippen LogP contribution in [0.1, 0.15) is 35.3 Å². The van der Waals surface area contributed by atoms with Crippen molar-refractivity contribution in [3.63, 3.8) is 0 Å². The molecule has 0 fully saturated rings. The zero-order chi connectivity index (χ0) is 26.9. The van der Waals surface area contributed by atoms with Crippen LogP contribution in [0.25, 0.3) is 22.6 Å². The van der Waals surface area contributed by atoms with Crippen molar-refractivity contribution in [1.82, 2.24) is 0 Å². The van der Waals surface area contributed by atoms with Gasteiger partial charge in [-0.25, -0.2) is 4.79 Å². The molecule has 0 aliphatic rings. The van der Waals surface area contributed by atoms with Crippen molar-refractivity contribution in [2.24, 2.45) is 0 Å². The molecule has 0 amide bonds. The zero-order valence-electron chi connectivity index (χ0n) is 21.4. The number of fused-ring (bicyclic) bond motifs is 1. The number of hydrogen-bond acceptors (Lipinski definition) is 5. The number of anilines is 1. The molecule has 4 aromatic rings. The standard InChI is InChI=1S/C33H28N2O3/c1-3-35(4-2)30-18-17-27-21-28(33(37)38-32(27)22-30)16-15-24(20-31(36)26-13-9-6-10-14-26)19-29(23-34)25-11-7-5-8-12-25/h5-22H,3-4H2,1-2H3/b16-15+,24-20+,29-19+. The van der Waals surface area contributed by atoms with Crippen molar-refractivity contribution >= 4 is 34.1 Å². The van der Waals surface area contributed by atoms with E-state index in [1.165, 1.54) is 6.08 Å². The van der Waals surface area contributed by atoms with Crippen molar-refractivity contribution in [2.45, 2.75) is 13.8 Å². The monoisotopic (exact) mass is 500 g/mol. The van der Waals surface area contributed by atoms with Gasteiger partial charge in [0.1, 0.15) is 5.58 Å². The maximum absolute atomic E-state index is 12.9. The number of rotatable bonds is 9. The van der Waals surface area contributed by atoms with Crippen molar-refractivity contribution in [1.29, 1.82) is 5.26 Å². The molecular formula is C33H28N2O3. The molecule has 1 heterocycles. The number of nitriles is 1. The van der Waals surface area contributed by atoms with Crippen LogP contribution in [-0.2, 0) is 0 Å². The fourth-order valence-corrected chi connectivity index (χ4v) is 4.14. The highest BCUT2D eigenvalue weighted by Crippen LogP contribution is 2.23. The van der Waals surface area contributed by atoms with Gasteiger partial charge in [-0.1, -0.05) is 66.7 Å². The molecule has 3 aromatic carbocycles. The van der Waals surface area contributed by atoms with E-state index >= 15 is 0 Å². The second-order valence-electron chi connectivity index (χ2n) is 8.63. The van der Waals surface area contributed by atoms with Crippen molar-refractivity contribution < 1.29 is 9.21 Å². The zero-order valence-corrected chi connectivity index (χ0v) is 21.4. The lowest BCUT2D eigenvalue weighted by Crippen LogP contribution is -2.21. The van der Waals surface area contributed by atoms with E-state index in [-0.39, 0.29) is 5.78 Å². The highest BCUT2D eigenvalue weighted by molar-refractivity contribution is 6.05. The van der Waals surface area contributed by atoms with Gasteiger partial charge in [0.05, 0.1) is 17.2 Å². The largest absolute Gasteiger partial charge is 0.422 e. The summed E-state index contributed by atoms with van der Waals surface area (Å²) in [6.45, 7) is 5.86. The summed E-state index contributed by atoms with van der Waals surface area (Å²) in [6.07, 6.45) is 6.38. The molecule has 0 bridgehead atoms. The Kier molecular flexibility index (Phi) is 8.48.